The van der Waals surface area contributed by atoms with Crippen molar-refractivity contribution in [2.24, 2.45) is 5.92 Å². The van der Waals surface area contributed by atoms with E-state index >= 15 is 0 Å². The average Bonchev–Trinajstić information content (AvgIpc) is 2.83. The van der Waals surface area contributed by atoms with Crippen LogP contribution in [0.2, 0.25) is 10.0 Å². The Balaban J connectivity index is 2.09. The van der Waals surface area contributed by atoms with Crippen molar-refractivity contribution in [1.82, 2.24) is 4.90 Å². The van der Waals surface area contributed by atoms with Crippen LogP contribution in [0.5, 0.6) is 0 Å². The summed E-state index contributed by atoms with van der Waals surface area (Å²) >= 11 is 12.5. The SMILES string of the molecule is CCC(CC(C)O)N1C(=O)C(CC(=O)OCC(C)C)OC(c2cccc(Cl)c2)C1c1ccc(Cl)cc1. The zero-order valence-corrected chi connectivity index (χ0v) is 22.7. The van der Waals surface area contributed by atoms with Crippen LogP contribution in [0.25, 0.3) is 0 Å². The first kappa shape index (κ1) is 28.5. The molecular weight excluding hydrogens is 501 g/mol. The number of nitrogens with zero attached hydrogens (tertiary/aromatic N) is 1. The van der Waals surface area contributed by atoms with E-state index in [2.05, 4.69) is 0 Å². The average molecular weight is 536 g/mol. The molecule has 1 aliphatic rings. The lowest BCUT2D eigenvalue weighted by Gasteiger charge is -2.48. The van der Waals surface area contributed by atoms with Gasteiger partial charge in [-0.05, 0) is 61.1 Å². The van der Waals surface area contributed by atoms with Crippen molar-refractivity contribution in [3.05, 3.63) is 69.7 Å². The second-order valence-corrected chi connectivity index (χ2v) is 10.6. The number of aliphatic hydroxyl groups excluding tert-OH is 1. The molecule has 3 rings (SSSR count). The first-order valence-corrected chi connectivity index (χ1v) is 13.2. The molecule has 1 fully saturated rings. The van der Waals surface area contributed by atoms with E-state index in [4.69, 9.17) is 32.7 Å². The molecule has 0 spiro atoms. The van der Waals surface area contributed by atoms with Crippen LogP contribution in [0.1, 0.15) is 70.2 Å². The van der Waals surface area contributed by atoms with E-state index in [1.54, 1.807) is 30.0 Å². The van der Waals surface area contributed by atoms with Crippen LogP contribution in [0, 0.1) is 5.92 Å². The molecule has 1 aliphatic heterocycles. The molecule has 2 aromatic carbocycles. The number of ether oxygens (including phenoxy) is 2. The van der Waals surface area contributed by atoms with E-state index in [0.29, 0.717) is 22.9 Å². The van der Waals surface area contributed by atoms with E-state index < -0.39 is 30.3 Å². The van der Waals surface area contributed by atoms with Crippen LogP contribution in [0.3, 0.4) is 0 Å². The van der Waals surface area contributed by atoms with E-state index in [9.17, 15) is 14.7 Å². The Morgan fingerprint density at radius 1 is 1.08 bits per heavy atom. The van der Waals surface area contributed by atoms with Gasteiger partial charge in [0.05, 0.1) is 25.2 Å². The van der Waals surface area contributed by atoms with Crippen LogP contribution in [0.4, 0.5) is 0 Å². The number of hydrogen-bond acceptors (Lipinski definition) is 5. The molecule has 0 radical (unpaired) electrons. The van der Waals surface area contributed by atoms with Crippen molar-refractivity contribution in [1.29, 1.82) is 0 Å². The molecule has 2 aromatic rings. The zero-order valence-electron chi connectivity index (χ0n) is 21.2. The molecule has 5 unspecified atom stereocenters. The second-order valence-electron chi connectivity index (χ2n) is 9.77. The summed E-state index contributed by atoms with van der Waals surface area (Å²) in [6.45, 7) is 7.86. The zero-order chi connectivity index (χ0) is 26.4. The molecule has 1 saturated heterocycles. The Kier molecular flexibility index (Phi) is 10.2. The number of rotatable bonds is 10. The van der Waals surface area contributed by atoms with Crippen molar-refractivity contribution in [3.8, 4) is 0 Å². The van der Waals surface area contributed by atoms with Gasteiger partial charge in [-0.3, -0.25) is 9.59 Å². The summed E-state index contributed by atoms with van der Waals surface area (Å²) in [5.41, 5.74) is 1.62. The fourth-order valence-electron chi connectivity index (χ4n) is 4.58. The number of amides is 1. The number of hydrogen-bond donors (Lipinski definition) is 1. The number of halogens is 2. The molecule has 0 saturated carbocycles. The van der Waals surface area contributed by atoms with Crippen molar-refractivity contribution in [2.75, 3.05) is 6.61 Å². The molecule has 0 aromatic heterocycles. The minimum atomic E-state index is -1.03. The number of carbonyl (C=O) groups excluding carboxylic acids is 2. The molecule has 1 N–H and O–H groups in total. The van der Waals surface area contributed by atoms with E-state index in [0.717, 1.165) is 11.1 Å². The molecule has 6 nitrogen and oxygen atoms in total. The van der Waals surface area contributed by atoms with Crippen molar-refractivity contribution >= 4 is 35.1 Å². The first-order valence-electron chi connectivity index (χ1n) is 12.4. The maximum absolute atomic E-state index is 13.9. The Morgan fingerprint density at radius 2 is 1.78 bits per heavy atom. The van der Waals surface area contributed by atoms with E-state index in [-0.39, 0.29) is 30.9 Å². The van der Waals surface area contributed by atoms with Gasteiger partial charge in [0.2, 0.25) is 0 Å². The van der Waals surface area contributed by atoms with E-state index in [1.807, 2.05) is 51.1 Å². The third-order valence-electron chi connectivity index (χ3n) is 6.22. The van der Waals surface area contributed by atoms with Crippen LogP contribution < -0.4 is 0 Å². The Labute approximate surface area is 223 Å². The Bertz CT molecular complexity index is 1030. The highest BCUT2D eigenvalue weighted by Crippen LogP contribution is 2.45. The molecular formula is C28H35Cl2NO5. The maximum Gasteiger partial charge on any atom is 0.308 e. The van der Waals surface area contributed by atoms with Gasteiger partial charge < -0.3 is 19.5 Å². The van der Waals surface area contributed by atoms with Gasteiger partial charge in [0.15, 0.2) is 0 Å². The highest BCUT2D eigenvalue weighted by Gasteiger charge is 2.47. The molecule has 36 heavy (non-hydrogen) atoms. The quantitative estimate of drug-likeness (QED) is 0.369. The normalized spacial score (nSPS) is 21.9. The largest absolute Gasteiger partial charge is 0.465 e. The predicted molar refractivity (Wildman–Crippen MR) is 141 cm³/mol. The lowest BCUT2D eigenvalue weighted by Crippen LogP contribution is -2.55. The fourth-order valence-corrected chi connectivity index (χ4v) is 4.91. The van der Waals surface area contributed by atoms with Gasteiger partial charge in [-0.25, -0.2) is 0 Å². The van der Waals surface area contributed by atoms with Crippen LogP contribution in [0.15, 0.2) is 48.5 Å². The number of morpholine rings is 1. The molecule has 1 amide bonds. The van der Waals surface area contributed by atoms with E-state index in [1.165, 1.54) is 0 Å². The summed E-state index contributed by atoms with van der Waals surface area (Å²) in [4.78, 5) is 28.3. The summed E-state index contributed by atoms with van der Waals surface area (Å²) in [5, 5.41) is 11.4. The molecule has 196 valence electrons. The highest BCUT2D eigenvalue weighted by atomic mass is 35.5. The van der Waals surface area contributed by atoms with Crippen LogP contribution in [-0.2, 0) is 19.1 Å². The lowest BCUT2D eigenvalue weighted by molar-refractivity contribution is -0.185. The van der Waals surface area contributed by atoms with Gasteiger partial charge in [0.1, 0.15) is 12.2 Å². The summed E-state index contributed by atoms with van der Waals surface area (Å²) in [6, 6.07) is 13.8. The monoisotopic (exact) mass is 535 g/mol. The van der Waals surface area contributed by atoms with Crippen LogP contribution >= 0.6 is 23.2 Å². The first-order chi connectivity index (χ1) is 17.1. The number of aliphatic hydroxyl groups is 1. The van der Waals surface area contributed by atoms with Gasteiger partial charge in [-0.2, -0.15) is 0 Å². The standard InChI is InChI=1S/C28H35Cl2NO5/c1-5-23(13-18(4)32)31-26(19-9-11-21(29)12-10-19)27(20-7-6-8-22(30)14-20)36-24(28(31)34)15-25(33)35-16-17(2)3/h6-12,14,17-18,23-24,26-27,32H,5,13,15-16H2,1-4H3. The van der Waals surface area contributed by atoms with Crippen molar-refractivity contribution in [2.45, 2.75) is 77.4 Å². The van der Waals surface area contributed by atoms with Gasteiger partial charge in [-0.1, -0.05) is 68.2 Å². The number of carbonyl (C=O) groups is 2. The Morgan fingerprint density at radius 3 is 2.36 bits per heavy atom. The fraction of sp³-hybridized carbons (Fsp3) is 0.500. The van der Waals surface area contributed by atoms with Gasteiger partial charge in [0.25, 0.3) is 5.91 Å². The molecule has 1 heterocycles. The number of benzene rings is 2. The summed E-state index contributed by atoms with van der Waals surface area (Å²) in [7, 11) is 0. The molecule has 0 bridgehead atoms. The minimum absolute atomic E-state index is 0.178. The molecule has 0 aliphatic carbocycles. The summed E-state index contributed by atoms with van der Waals surface area (Å²) < 4.78 is 11.8. The summed E-state index contributed by atoms with van der Waals surface area (Å²) in [6.07, 6.45) is -1.44. The third kappa shape index (κ3) is 7.22. The van der Waals surface area contributed by atoms with Crippen molar-refractivity contribution < 1.29 is 24.2 Å². The Hall–Kier alpha value is -2.12. The third-order valence-corrected chi connectivity index (χ3v) is 6.71. The molecule has 8 heteroatoms. The van der Waals surface area contributed by atoms with Crippen LogP contribution in [-0.4, -0.2) is 46.7 Å². The predicted octanol–water partition coefficient (Wildman–Crippen LogP) is 6.14. The topological polar surface area (TPSA) is 76.1 Å². The smallest absolute Gasteiger partial charge is 0.308 e. The second kappa shape index (κ2) is 12.9. The van der Waals surface area contributed by atoms with Gasteiger partial charge in [0, 0.05) is 16.1 Å². The maximum atomic E-state index is 13.9. The highest BCUT2D eigenvalue weighted by molar-refractivity contribution is 6.30. The lowest BCUT2D eigenvalue weighted by atomic mass is 9.88. The minimum Gasteiger partial charge on any atom is -0.465 e. The van der Waals surface area contributed by atoms with Gasteiger partial charge >= 0.3 is 5.97 Å². The molecule has 5 atom stereocenters. The van der Waals surface area contributed by atoms with Gasteiger partial charge in [-0.15, -0.1) is 0 Å². The number of esters is 1. The van der Waals surface area contributed by atoms with Crippen molar-refractivity contribution in [3.63, 3.8) is 0 Å². The summed E-state index contributed by atoms with van der Waals surface area (Å²) in [5.74, 6) is -0.611.